The average molecular weight is 259 g/mol. The van der Waals surface area contributed by atoms with Crippen molar-refractivity contribution < 1.29 is 28.8 Å². The van der Waals surface area contributed by atoms with E-state index in [0.29, 0.717) is 0 Å². The van der Waals surface area contributed by atoms with E-state index in [4.69, 9.17) is 0 Å². The molecule has 0 aliphatic carbocycles. The van der Waals surface area contributed by atoms with Gasteiger partial charge in [-0.3, -0.25) is 0 Å². The van der Waals surface area contributed by atoms with E-state index < -0.39 is 0 Å². The Labute approximate surface area is 90.2 Å². The van der Waals surface area contributed by atoms with Crippen LogP contribution in [0, 0.1) is 0 Å². The molecule has 2 aromatic heterocycles. The smallest absolute Gasteiger partial charge is 0.0499 e. The summed E-state index contributed by atoms with van der Waals surface area (Å²) >= 11 is 0. The van der Waals surface area contributed by atoms with Gasteiger partial charge in [-0.1, -0.05) is 0 Å². The van der Waals surface area contributed by atoms with E-state index in [2.05, 4.69) is 0 Å². The van der Waals surface area contributed by atoms with Crippen molar-refractivity contribution >= 4 is 0 Å². The van der Waals surface area contributed by atoms with Crippen molar-refractivity contribution in [3.05, 3.63) is 61.2 Å². The Kier molecular flexibility index (Phi) is 3.72. The van der Waals surface area contributed by atoms with E-state index in [1.165, 1.54) is 0 Å². The van der Waals surface area contributed by atoms with E-state index in [-0.39, 0.29) is 19.5 Å². The van der Waals surface area contributed by atoms with Crippen LogP contribution in [0.15, 0.2) is 61.2 Å². The molecule has 0 fully saturated rings. The summed E-state index contributed by atoms with van der Waals surface area (Å²) in [5.74, 6) is 0. The van der Waals surface area contributed by atoms with Crippen LogP contribution in [0.5, 0.6) is 0 Å². The van der Waals surface area contributed by atoms with Gasteiger partial charge in [0.05, 0.1) is 9.35 Å². The Morgan fingerprint density at radius 3 is 1.08 bits per heavy atom. The molecule has 0 bridgehead atoms. The SMILES string of the molecule is [Ru+3].c1cc[n+](-[n+]2ccccc2)cc1. The third kappa shape index (κ3) is 2.43. The summed E-state index contributed by atoms with van der Waals surface area (Å²) in [5.41, 5.74) is 0. The molecular formula is C10H10N2Ru+5. The molecule has 0 saturated carbocycles. The second kappa shape index (κ2) is 4.83. The largest absolute Gasteiger partial charge is 3.00 e. The zero-order chi connectivity index (χ0) is 8.23. The molecule has 0 N–H and O–H groups in total. The first-order valence-corrected chi connectivity index (χ1v) is 3.90. The monoisotopic (exact) mass is 260 g/mol. The number of rotatable bonds is 1. The summed E-state index contributed by atoms with van der Waals surface area (Å²) in [5, 5.41) is 0. The zero-order valence-electron chi connectivity index (χ0n) is 7.02. The summed E-state index contributed by atoms with van der Waals surface area (Å²) in [7, 11) is 0. The van der Waals surface area contributed by atoms with Crippen LogP contribution in [0.25, 0.3) is 0 Å². The van der Waals surface area contributed by atoms with Crippen molar-refractivity contribution in [2.24, 2.45) is 0 Å². The van der Waals surface area contributed by atoms with E-state index in [0.717, 1.165) is 0 Å². The number of hydrogen-bond acceptors (Lipinski definition) is 0. The Bertz CT molecular complexity index is 310. The van der Waals surface area contributed by atoms with Gasteiger partial charge in [-0.15, -0.1) is 0 Å². The first kappa shape index (κ1) is 10.0. The van der Waals surface area contributed by atoms with Gasteiger partial charge in [-0.2, -0.15) is 0 Å². The second-order valence-corrected chi connectivity index (χ2v) is 2.51. The zero-order valence-corrected chi connectivity index (χ0v) is 8.76. The van der Waals surface area contributed by atoms with Crippen molar-refractivity contribution in [3.8, 4) is 0 Å². The first-order valence-electron chi connectivity index (χ1n) is 3.90. The molecule has 1 radical (unpaired) electrons. The topological polar surface area (TPSA) is 7.76 Å². The fourth-order valence-electron chi connectivity index (χ4n) is 1.09. The van der Waals surface area contributed by atoms with Gasteiger partial charge >= 0.3 is 19.5 Å². The summed E-state index contributed by atoms with van der Waals surface area (Å²) in [6, 6.07) is 12.0. The predicted octanol–water partition coefficient (Wildman–Crippen LogP) is 0.570. The summed E-state index contributed by atoms with van der Waals surface area (Å²) in [4.78, 5) is 0. The molecule has 0 spiro atoms. The minimum Gasteiger partial charge on any atom is -0.0499 e. The fraction of sp³-hybridized carbons (Fsp3) is 0. The van der Waals surface area contributed by atoms with Gasteiger partial charge in [0.1, 0.15) is 0 Å². The molecule has 2 heterocycles. The van der Waals surface area contributed by atoms with E-state index in [1.54, 1.807) is 0 Å². The van der Waals surface area contributed by atoms with Gasteiger partial charge in [-0.25, -0.2) is 0 Å². The number of pyridine rings is 2. The molecule has 3 heteroatoms. The van der Waals surface area contributed by atoms with Crippen LogP contribution >= 0.6 is 0 Å². The van der Waals surface area contributed by atoms with Crippen molar-refractivity contribution in [2.75, 3.05) is 0 Å². The van der Waals surface area contributed by atoms with Crippen molar-refractivity contribution in [1.29, 1.82) is 0 Å². The first-order chi connectivity index (χ1) is 5.97. The van der Waals surface area contributed by atoms with E-state index >= 15 is 0 Å². The third-order valence-corrected chi connectivity index (χ3v) is 1.67. The van der Waals surface area contributed by atoms with Crippen LogP contribution < -0.4 is 9.35 Å². The van der Waals surface area contributed by atoms with Gasteiger partial charge in [0, 0.05) is 24.3 Å². The Morgan fingerprint density at radius 1 is 0.462 bits per heavy atom. The van der Waals surface area contributed by atoms with Crippen LogP contribution in [-0.4, -0.2) is 0 Å². The maximum absolute atomic E-state index is 2.00. The van der Waals surface area contributed by atoms with Crippen molar-refractivity contribution in [2.45, 2.75) is 0 Å². The van der Waals surface area contributed by atoms with Crippen LogP contribution in [0.3, 0.4) is 0 Å². The van der Waals surface area contributed by atoms with Crippen LogP contribution in [0.2, 0.25) is 0 Å². The molecule has 0 aliphatic heterocycles. The van der Waals surface area contributed by atoms with Crippen LogP contribution in [-0.2, 0) is 19.5 Å². The van der Waals surface area contributed by atoms with E-state index in [9.17, 15) is 0 Å². The third-order valence-electron chi connectivity index (χ3n) is 1.67. The summed E-state index contributed by atoms with van der Waals surface area (Å²) < 4.78 is 4.00. The fourth-order valence-corrected chi connectivity index (χ4v) is 1.09. The second-order valence-electron chi connectivity index (χ2n) is 2.51. The standard InChI is InChI=1S/C10H10N2.Ru/c1-3-7-11(8-4-1)12-9-5-2-6-10-12;/h1-10H;/q+2;+3. The minimum atomic E-state index is 0. The summed E-state index contributed by atoms with van der Waals surface area (Å²) in [6.45, 7) is 0. The molecular weight excluding hydrogens is 249 g/mol. The molecule has 2 rings (SSSR count). The molecule has 2 nitrogen and oxygen atoms in total. The number of nitrogens with zero attached hydrogens (tertiary/aromatic N) is 2. The van der Waals surface area contributed by atoms with Crippen molar-refractivity contribution in [1.82, 2.24) is 0 Å². The number of hydrogen-bond donors (Lipinski definition) is 0. The normalized spacial score (nSPS) is 8.92. The Morgan fingerprint density at radius 2 is 0.769 bits per heavy atom. The van der Waals surface area contributed by atoms with E-state index in [1.807, 2.05) is 70.5 Å². The number of aromatic nitrogens is 2. The molecule has 0 aliphatic rings. The molecule has 0 unspecified atom stereocenters. The molecule has 0 atom stereocenters. The molecule has 13 heavy (non-hydrogen) atoms. The maximum Gasteiger partial charge on any atom is 3.00 e. The molecule has 0 saturated heterocycles. The van der Waals surface area contributed by atoms with Crippen LogP contribution in [0.4, 0.5) is 0 Å². The van der Waals surface area contributed by atoms with Gasteiger partial charge in [0.15, 0.2) is 0 Å². The van der Waals surface area contributed by atoms with Crippen molar-refractivity contribution in [3.63, 3.8) is 0 Å². The maximum atomic E-state index is 2.00. The molecule has 0 amide bonds. The minimum absolute atomic E-state index is 0. The van der Waals surface area contributed by atoms with Gasteiger partial charge in [0.2, 0.25) is 24.8 Å². The Hall–Kier alpha value is -1.08. The summed E-state index contributed by atoms with van der Waals surface area (Å²) in [6.07, 6.45) is 8.00. The van der Waals surface area contributed by atoms with Gasteiger partial charge < -0.3 is 0 Å². The molecule has 2 aromatic rings. The Balaban J connectivity index is 0.000000845. The van der Waals surface area contributed by atoms with Crippen LogP contribution in [0.1, 0.15) is 0 Å². The van der Waals surface area contributed by atoms with Gasteiger partial charge in [0.25, 0.3) is 0 Å². The average Bonchev–Trinajstić information content (AvgIpc) is 2.21. The molecule has 63 valence electrons. The quantitative estimate of drug-likeness (QED) is 0.522. The van der Waals surface area contributed by atoms with Gasteiger partial charge in [-0.05, 0) is 12.1 Å². The predicted molar refractivity (Wildman–Crippen MR) is 44.1 cm³/mol. The molecule has 0 aromatic carbocycles.